The van der Waals surface area contributed by atoms with Crippen LogP contribution in [-0.4, -0.2) is 19.0 Å². The summed E-state index contributed by atoms with van der Waals surface area (Å²) in [6.45, 7) is 3.00. The second-order valence-corrected chi connectivity index (χ2v) is 3.83. The van der Waals surface area contributed by atoms with Crippen LogP contribution in [0.25, 0.3) is 0 Å². The maximum atomic E-state index is 10.7. The quantitative estimate of drug-likeness (QED) is 0.354. The van der Waals surface area contributed by atoms with Crippen LogP contribution in [0.15, 0.2) is 11.6 Å². The number of epoxide rings is 1. The molecular weight excluding hydrogens is 152 g/mol. The molecule has 2 nitrogen and oxygen atoms in total. The minimum Gasteiger partial charge on any atom is -0.373 e. The summed E-state index contributed by atoms with van der Waals surface area (Å²) in [4.78, 5) is 10.7. The Morgan fingerprint density at radius 1 is 1.67 bits per heavy atom. The molecule has 1 aliphatic heterocycles. The van der Waals surface area contributed by atoms with Crippen molar-refractivity contribution in [1.82, 2.24) is 0 Å². The van der Waals surface area contributed by atoms with Gasteiger partial charge < -0.3 is 9.53 Å². The van der Waals surface area contributed by atoms with E-state index in [2.05, 4.69) is 13.0 Å². The third-order valence-electron chi connectivity index (χ3n) is 2.86. The molecule has 0 N–H and O–H groups in total. The average molecular weight is 166 g/mol. The Kier molecular flexibility index (Phi) is 2.01. The van der Waals surface area contributed by atoms with Crippen LogP contribution < -0.4 is 0 Å². The molecular formula is C10H14O2. The van der Waals surface area contributed by atoms with Gasteiger partial charge in [-0.1, -0.05) is 11.6 Å². The molecule has 3 unspecified atom stereocenters. The van der Waals surface area contributed by atoms with Crippen LogP contribution in [0, 0.1) is 11.8 Å². The molecule has 1 saturated heterocycles. The van der Waals surface area contributed by atoms with Gasteiger partial charge in [0.25, 0.3) is 0 Å². The lowest BCUT2D eigenvalue weighted by molar-refractivity contribution is -0.112. The number of rotatable bonds is 2. The summed E-state index contributed by atoms with van der Waals surface area (Å²) >= 11 is 0. The molecule has 1 fully saturated rings. The molecule has 2 rings (SSSR count). The van der Waals surface area contributed by atoms with Crippen LogP contribution in [0.5, 0.6) is 0 Å². The highest BCUT2D eigenvalue weighted by molar-refractivity contribution is 5.55. The molecule has 0 aromatic rings. The van der Waals surface area contributed by atoms with Crippen LogP contribution in [0.2, 0.25) is 0 Å². The summed E-state index contributed by atoms with van der Waals surface area (Å²) in [5.41, 5.74) is 1.41. The van der Waals surface area contributed by atoms with Gasteiger partial charge >= 0.3 is 0 Å². The van der Waals surface area contributed by atoms with Gasteiger partial charge in [-0.05, 0) is 19.8 Å². The lowest BCUT2D eigenvalue weighted by Gasteiger charge is -2.24. The van der Waals surface area contributed by atoms with Gasteiger partial charge in [0, 0.05) is 11.8 Å². The van der Waals surface area contributed by atoms with E-state index in [0.717, 1.165) is 25.7 Å². The zero-order chi connectivity index (χ0) is 8.55. The molecule has 0 bridgehead atoms. The Morgan fingerprint density at radius 3 is 3.00 bits per heavy atom. The smallest absolute Gasteiger partial charge is 0.123 e. The Bertz CT molecular complexity index is 216. The molecule has 0 radical (unpaired) electrons. The summed E-state index contributed by atoms with van der Waals surface area (Å²) in [5.74, 6) is 0.675. The first-order valence-corrected chi connectivity index (χ1v) is 4.54. The summed E-state index contributed by atoms with van der Waals surface area (Å²) in [5, 5.41) is 0. The maximum absolute atomic E-state index is 10.7. The first kappa shape index (κ1) is 7.99. The van der Waals surface area contributed by atoms with E-state index in [1.54, 1.807) is 0 Å². The normalized spacial score (nSPS) is 40.4. The Labute approximate surface area is 72.6 Å². The third kappa shape index (κ3) is 1.44. The molecule has 0 aromatic heterocycles. The number of aldehydes is 1. The van der Waals surface area contributed by atoms with Gasteiger partial charge in [-0.2, -0.15) is 0 Å². The second-order valence-electron chi connectivity index (χ2n) is 3.83. The molecule has 2 heteroatoms. The lowest BCUT2D eigenvalue weighted by atomic mass is 9.79. The fourth-order valence-electron chi connectivity index (χ4n) is 1.98. The van der Waals surface area contributed by atoms with E-state index < -0.39 is 0 Å². The molecule has 66 valence electrons. The lowest BCUT2D eigenvalue weighted by Crippen LogP contribution is -2.24. The Hall–Kier alpha value is -0.630. The zero-order valence-corrected chi connectivity index (χ0v) is 7.32. The molecule has 0 spiro atoms. The highest BCUT2D eigenvalue weighted by Crippen LogP contribution is 2.36. The van der Waals surface area contributed by atoms with Crippen molar-refractivity contribution >= 4 is 6.29 Å². The zero-order valence-electron chi connectivity index (χ0n) is 7.32. The highest BCUT2D eigenvalue weighted by atomic mass is 16.6. The number of allylic oxidation sites excluding steroid dienone is 2. The summed E-state index contributed by atoms with van der Waals surface area (Å²) in [7, 11) is 0. The van der Waals surface area contributed by atoms with Crippen molar-refractivity contribution < 1.29 is 9.53 Å². The van der Waals surface area contributed by atoms with Gasteiger partial charge in [0.15, 0.2) is 0 Å². The van der Waals surface area contributed by atoms with E-state index >= 15 is 0 Å². The van der Waals surface area contributed by atoms with E-state index in [1.165, 1.54) is 5.57 Å². The molecule has 2 aliphatic rings. The van der Waals surface area contributed by atoms with E-state index in [9.17, 15) is 4.79 Å². The van der Waals surface area contributed by atoms with E-state index in [1.807, 2.05) is 0 Å². The predicted molar refractivity (Wildman–Crippen MR) is 45.8 cm³/mol. The van der Waals surface area contributed by atoms with Crippen molar-refractivity contribution in [2.45, 2.75) is 25.9 Å². The summed E-state index contributed by atoms with van der Waals surface area (Å²) in [6, 6.07) is 0. The maximum Gasteiger partial charge on any atom is 0.123 e. The number of carbonyl (C=O) groups excluding carboxylic acids is 1. The van der Waals surface area contributed by atoms with E-state index in [0.29, 0.717) is 12.0 Å². The van der Waals surface area contributed by atoms with Crippen molar-refractivity contribution in [3.63, 3.8) is 0 Å². The fraction of sp³-hybridized carbons (Fsp3) is 0.700. The Balaban J connectivity index is 2.07. The SMILES string of the molecule is CC1=CCC(C=O)C(C2CO2)C1. The third-order valence-corrected chi connectivity index (χ3v) is 2.86. The summed E-state index contributed by atoms with van der Waals surface area (Å²) < 4.78 is 5.24. The monoisotopic (exact) mass is 166 g/mol. The van der Waals surface area contributed by atoms with Gasteiger partial charge in [0.1, 0.15) is 6.29 Å². The molecule has 0 saturated carbocycles. The highest BCUT2D eigenvalue weighted by Gasteiger charge is 2.38. The van der Waals surface area contributed by atoms with E-state index in [-0.39, 0.29) is 5.92 Å². The standard InChI is InChI=1S/C10H14O2/c1-7-2-3-8(5-11)9(4-7)10-6-12-10/h2,5,8-10H,3-4,6H2,1H3. The largest absolute Gasteiger partial charge is 0.373 e. The molecule has 1 heterocycles. The van der Waals surface area contributed by atoms with Crippen LogP contribution in [-0.2, 0) is 9.53 Å². The topological polar surface area (TPSA) is 29.6 Å². The Morgan fingerprint density at radius 2 is 2.42 bits per heavy atom. The molecule has 12 heavy (non-hydrogen) atoms. The first-order chi connectivity index (χ1) is 5.81. The van der Waals surface area contributed by atoms with Crippen LogP contribution in [0.3, 0.4) is 0 Å². The van der Waals surface area contributed by atoms with Gasteiger partial charge in [0.2, 0.25) is 0 Å². The van der Waals surface area contributed by atoms with Crippen molar-refractivity contribution in [3.8, 4) is 0 Å². The van der Waals surface area contributed by atoms with Gasteiger partial charge in [-0.15, -0.1) is 0 Å². The minimum absolute atomic E-state index is 0.209. The minimum atomic E-state index is 0.209. The van der Waals surface area contributed by atoms with E-state index in [4.69, 9.17) is 4.74 Å². The van der Waals surface area contributed by atoms with Crippen molar-refractivity contribution in [1.29, 1.82) is 0 Å². The molecule has 1 aliphatic carbocycles. The van der Waals surface area contributed by atoms with Crippen LogP contribution in [0.4, 0.5) is 0 Å². The average Bonchev–Trinajstić information content (AvgIpc) is 2.87. The van der Waals surface area contributed by atoms with Crippen molar-refractivity contribution in [2.75, 3.05) is 6.61 Å². The van der Waals surface area contributed by atoms with Crippen molar-refractivity contribution in [2.24, 2.45) is 11.8 Å². The number of hydrogen-bond donors (Lipinski definition) is 0. The van der Waals surface area contributed by atoms with Gasteiger partial charge in [-0.25, -0.2) is 0 Å². The first-order valence-electron chi connectivity index (χ1n) is 4.54. The second kappa shape index (κ2) is 3.02. The number of ether oxygens (including phenoxy) is 1. The fourth-order valence-corrected chi connectivity index (χ4v) is 1.98. The van der Waals surface area contributed by atoms with Crippen LogP contribution >= 0.6 is 0 Å². The molecule has 0 aromatic carbocycles. The van der Waals surface area contributed by atoms with Crippen LogP contribution in [0.1, 0.15) is 19.8 Å². The number of carbonyl (C=O) groups is 1. The predicted octanol–water partition coefficient (Wildman–Crippen LogP) is 1.56. The summed E-state index contributed by atoms with van der Waals surface area (Å²) in [6.07, 6.45) is 5.62. The van der Waals surface area contributed by atoms with Gasteiger partial charge in [0.05, 0.1) is 12.7 Å². The van der Waals surface area contributed by atoms with Gasteiger partial charge in [-0.3, -0.25) is 0 Å². The van der Waals surface area contributed by atoms with Crippen molar-refractivity contribution in [3.05, 3.63) is 11.6 Å². The molecule has 0 amide bonds. The number of hydrogen-bond acceptors (Lipinski definition) is 2. The molecule has 3 atom stereocenters.